The molecule has 15 heavy (non-hydrogen) atoms. The number of rotatable bonds is 5. The van der Waals surface area contributed by atoms with Gasteiger partial charge < -0.3 is 14.8 Å². The molecule has 88 valence electrons. The van der Waals surface area contributed by atoms with E-state index in [1.54, 1.807) is 0 Å². The monoisotopic (exact) mass is 234 g/mol. The minimum atomic E-state index is -2.14. The van der Waals surface area contributed by atoms with Crippen molar-refractivity contribution in [3.8, 4) is 0 Å². The Hall–Kier alpha value is -0.340. The van der Waals surface area contributed by atoms with Crippen LogP contribution in [0.4, 0.5) is 0 Å². The van der Waals surface area contributed by atoms with E-state index in [0.717, 1.165) is 12.8 Å². The molecule has 0 aromatic rings. The van der Waals surface area contributed by atoms with Crippen molar-refractivity contribution in [1.29, 1.82) is 0 Å². The van der Waals surface area contributed by atoms with Crippen molar-refractivity contribution in [3.63, 3.8) is 0 Å². The smallest absolute Gasteiger partial charge is 0.306 e. The van der Waals surface area contributed by atoms with Crippen LogP contribution >= 0.6 is 7.80 Å². The van der Waals surface area contributed by atoms with E-state index in [-0.39, 0.29) is 6.42 Å². The van der Waals surface area contributed by atoms with Crippen LogP contribution in [0, 0.1) is 5.92 Å². The third-order valence-corrected chi connectivity index (χ3v) is 4.88. The number of hydrogen-bond acceptors (Lipinski definition) is 3. The lowest BCUT2D eigenvalue weighted by atomic mass is 9.91. The summed E-state index contributed by atoms with van der Waals surface area (Å²) >= 11 is 0. The zero-order chi connectivity index (χ0) is 11.3. The van der Waals surface area contributed by atoms with Crippen LogP contribution in [0.15, 0.2) is 0 Å². The van der Waals surface area contributed by atoms with Gasteiger partial charge in [0.15, 0.2) is 0 Å². The highest BCUT2D eigenvalue weighted by atomic mass is 31.1. The molecule has 1 fully saturated rings. The summed E-state index contributed by atoms with van der Waals surface area (Å²) in [6.45, 7) is 0. The first-order chi connectivity index (χ1) is 7.09. The molecule has 0 amide bonds. The summed E-state index contributed by atoms with van der Waals surface area (Å²) < 4.78 is 11.6. The fourth-order valence-corrected chi connectivity index (χ4v) is 3.74. The Kier molecular flexibility index (Phi) is 5.34. The van der Waals surface area contributed by atoms with E-state index in [9.17, 15) is 14.5 Å². The van der Waals surface area contributed by atoms with Gasteiger partial charge in [0.25, 0.3) is 0 Å². The lowest BCUT2D eigenvalue weighted by Gasteiger charge is -2.22. The van der Waals surface area contributed by atoms with Gasteiger partial charge in [-0.2, -0.15) is 0 Å². The molecule has 2 N–H and O–H groups in total. The lowest BCUT2D eigenvalue weighted by Crippen LogP contribution is -2.14. The van der Waals surface area contributed by atoms with Gasteiger partial charge in [-0.05, 0) is 5.92 Å². The van der Waals surface area contributed by atoms with E-state index >= 15 is 0 Å². The summed E-state index contributed by atoms with van der Waals surface area (Å²) in [7, 11) is -2.14. The Morgan fingerprint density at radius 1 is 1.33 bits per heavy atom. The molecule has 1 saturated carbocycles. The summed E-state index contributed by atoms with van der Waals surface area (Å²) in [6, 6.07) is 0. The second-order valence-corrected chi connectivity index (χ2v) is 6.30. The molecule has 0 aliphatic heterocycles. The molecule has 1 rings (SSSR count). The van der Waals surface area contributed by atoms with Gasteiger partial charge in [-0.25, -0.2) is 0 Å². The number of carboxylic acid groups (broad SMARTS) is 1. The number of hydrogen-bond donors (Lipinski definition) is 2. The number of aliphatic hydroxyl groups is 1. The Labute approximate surface area is 90.5 Å². The average Bonchev–Trinajstić information content (AvgIpc) is 2.18. The van der Waals surface area contributed by atoms with Gasteiger partial charge in [-0.15, -0.1) is 0 Å². The fraction of sp³-hybridized carbons (Fsp3) is 0.900. The topological polar surface area (TPSA) is 74.6 Å². The maximum absolute atomic E-state index is 11.6. The van der Waals surface area contributed by atoms with E-state index in [4.69, 9.17) is 5.11 Å². The Morgan fingerprint density at radius 3 is 2.47 bits per heavy atom. The van der Waals surface area contributed by atoms with Gasteiger partial charge in [-0.1, -0.05) is 32.1 Å². The highest BCUT2D eigenvalue weighted by Crippen LogP contribution is 2.36. The molecule has 2 unspecified atom stereocenters. The average molecular weight is 234 g/mol. The summed E-state index contributed by atoms with van der Waals surface area (Å²) in [5.41, 5.74) is 0. The SMILES string of the molecule is O=C(O)CC(O)[PH](=O)CC1CCCCC1. The predicted molar refractivity (Wildman–Crippen MR) is 58.7 cm³/mol. The van der Waals surface area contributed by atoms with Crippen molar-refractivity contribution in [2.24, 2.45) is 5.92 Å². The summed E-state index contributed by atoms with van der Waals surface area (Å²) in [5, 5.41) is 17.8. The fourth-order valence-electron chi connectivity index (χ4n) is 2.09. The zero-order valence-corrected chi connectivity index (χ0v) is 9.82. The van der Waals surface area contributed by atoms with Gasteiger partial charge in [0.2, 0.25) is 0 Å². The quantitative estimate of drug-likeness (QED) is 0.712. The molecule has 0 bridgehead atoms. The highest BCUT2D eigenvalue weighted by Gasteiger charge is 2.22. The van der Waals surface area contributed by atoms with Crippen molar-refractivity contribution >= 4 is 13.8 Å². The van der Waals surface area contributed by atoms with Crippen LogP contribution in [0.3, 0.4) is 0 Å². The molecule has 5 heteroatoms. The van der Waals surface area contributed by atoms with E-state index in [2.05, 4.69) is 0 Å². The maximum atomic E-state index is 11.6. The highest BCUT2D eigenvalue weighted by molar-refractivity contribution is 7.45. The van der Waals surface area contributed by atoms with Gasteiger partial charge in [0, 0.05) is 6.16 Å². The van der Waals surface area contributed by atoms with Crippen LogP contribution in [-0.2, 0) is 9.36 Å². The third kappa shape index (κ3) is 4.80. The van der Waals surface area contributed by atoms with Gasteiger partial charge in [0.1, 0.15) is 13.6 Å². The Bertz CT molecular complexity index is 236. The molecule has 1 aliphatic rings. The van der Waals surface area contributed by atoms with Gasteiger partial charge >= 0.3 is 5.97 Å². The standard InChI is InChI=1S/C10H19O4P/c11-9(12)6-10(13)15(14)7-8-4-2-1-3-5-8/h8,10,13,15H,1-7H2,(H,11,12). The first-order valence-electron chi connectivity index (χ1n) is 5.52. The first-order valence-corrected chi connectivity index (χ1v) is 7.21. The molecule has 2 atom stereocenters. The molecule has 0 spiro atoms. The van der Waals surface area contributed by atoms with E-state index in [1.807, 2.05) is 0 Å². The molecule has 0 saturated heterocycles. The van der Waals surface area contributed by atoms with Crippen LogP contribution in [0.25, 0.3) is 0 Å². The Balaban J connectivity index is 2.30. The predicted octanol–water partition coefficient (Wildman–Crippen LogP) is 1.92. The summed E-state index contributed by atoms with van der Waals surface area (Å²) in [4.78, 5) is 10.3. The van der Waals surface area contributed by atoms with E-state index in [1.165, 1.54) is 19.3 Å². The zero-order valence-electron chi connectivity index (χ0n) is 8.82. The largest absolute Gasteiger partial charge is 0.481 e. The first kappa shape index (κ1) is 12.7. The second kappa shape index (κ2) is 6.29. The second-order valence-electron chi connectivity index (χ2n) is 4.29. The van der Waals surface area contributed by atoms with Crippen molar-refractivity contribution < 1.29 is 19.6 Å². The van der Waals surface area contributed by atoms with Crippen LogP contribution in [-0.4, -0.2) is 28.2 Å². The van der Waals surface area contributed by atoms with E-state index < -0.39 is 19.6 Å². The van der Waals surface area contributed by atoms with Crippen molar-refractivity contribution in [1.82, 2.24) is 0 Å². The molecule has 0 heterocycles. The number of aliphatic carboxylic acids is 1. The van der Waals surface area contributed by atoms with Crippen LogP contribution < -0.4 is 0 Å². The van der Waals surface area contributed by atoms with Crippen LogP contribution in [0.2, 0.25) is 0 Å². The molecule has 0 aromatic carbocycles. The summed E-state index contributed by atoms with van der Waals surface area (Å²) in [5.74, 6) is -1.77. The van der Waals surface area contributed by atoms with Crippen LogP contribution in [0.5, 0.6) is 0 Å². The molecule has 0 radical (unpaired) electrons. The molecular formula is C10H19O4P. The van der Waals surface area contributed by atoms with Crippen molar-refractivity contribution in [2.45, 2.75) is 44.4 Å². The van der Waals surface area contributed by atoms with Crippen LogP contribution in [0.1, 0.15) is 38.5 Å². The number of carboxylic acids is 1. The third-order valence-electron chi connectivity index (χ3n) is 2.95. The van der Waals surface area contributed by atoms with Gasteiger partial charge in [0.05, 0.1) is 6.42 Å². The molecule has 0 aromatic heterocycles. The lowest BCUT2D eigenvalue weighted by molar-refractivity contribution is -0.138. The molecule has 1 aliphatic carbocycles. The van der Waals surface area contributed by atoms with E-state index in [0.29, 0.717) is 12.1 Å². The maximum Gasteiger partial charge on any atom is 0.306 e. The number of carbonyl (C=O) groups is 1. The molecular weight excluding hydrogens is 215 g/mol. The molecule has 4 nitrogen and oxygen atoms in total. The minimum absolute atomic E-state index is 0.384. The van der Waals surface area contributed by atoms with Crippen molar-refractivity contribution in [2.75, 3.05) is 6.16 Å². The number of aliphatic hydroxyl groups excluding tert-OH is 1. The minimum Gasteiger partial charge on any atom is -0.481 e. The van der Waals surface area contributed by atoms with Crippen molar-refractivity contribution in [3.05, 3.63) is 0 Å². The summed E-state index contributed by atoms with van der Waals surface area (Å²) in [6.07, 6.45) is 5.90. The normalized spacial score (nSPS) is 22.2. The Morgan fingerprint density at radius 2 is 1.93 bits per heavy atom. The van der Waals surface area contributed by atoms with Gasteiger partial charge in [-0.3, -0.25) is 4.79 Å².